The van der Waals surface area contributed by atoms with Crippen molar-refractivity contribution in [1.29, 1.82) is 0 Å². The highest BCUT2D eigenvalue weighted by Gasteiger charge is 2.22. The van der Waals surface area contributed by atoms with Crippen molar-refractivity contribution in [2.75, 3.05) is 14.1 Å². The van der Waals surface area contributed by atoms with E-state index in [1.807, 2.05) is 64.3 Å². The van der Waals surface area contributed by atoms with E-state index < -0.39 is 0 Å². The molecular weight excluding hydrogens is 378 g/mol. The van der Waals surface area contributed by atoms with Crippen molar-refractivity contribution in [2.24, 2.45) is 0 Å². The number of phenols is 1. The summed E-state index contributed by atoms with van der Waals surface area (Å²) in [6, 6.07) is 20.4. The molecule has 29 heavy (non-hydrogen) atoms. The Morgan fingerprint density at radius 1 is 0.828 bits per heavy atom. The molecule has 0 bridgehead atoms. The molecule has 0 saturated carbocycles. The van der Waals surface area contributed by atoms with Crippen LogP contribution >= 0.6 is 12.2 Å². The number of thiocarbonyl (C=S) groups is 1. The predicted octanol–water partition coefficient (Wildman–Crippen LogP) is 6.21. The molecule has 0 atom stereocenters. The Bertz CT molecular complexity index is 1260. The average Bonchev–Trinajstić information content (AvgIpc) is 2.70. The van der Waals surface area contributed by atoms with Crippen LogP contribution in [0.4, 0.5) is 0 Å². The SMILES string of the molecule is Cc1cc2ccccc2c(-c2c(OC(=S)N(C)C)c(C)cc3ccccc23)c1O. The van der Waals surface area contributed by atoms with Crippen molar-refractivity contribution in [3.8, 4) is 22.6 Å². The van der Waals surface area contributed by atoms with E-state index in [9.17, 15) is 5.11 Å². The van der Waals surface area contributed by atoms with Crippen LogP contribution in [0.2, 0.25) is 0 Å². The van der Waals surface area contributed by atoms with Gasteiger partial charge in [-0.3, -0.25) is 0 Å². The van der Waals surface area contributed by atoms with Crippen molar-refractivity contribution >= 4 is 38.9 Å². The van der Waals surface area contributed by atoms with Crippen molar-refractivity contribution in [1.82, 2.24) is 4.90 Å². The molecule has 0 unspecified atom stereocenters. The second kappa shape index (κ2) is 7.37. The van der Waals surface area contributed by atoms with Gasteiger partial charge in [-0.2, -0.15) is 0 Å². The van der Waals surface area contributed by atoms with E-state index in [0.717, 1.165) is 43.8 Å². The molecule has 0 fully saturated rings. The molecule has 4 aromatic rings. The van der Waals surface area contributed by atoms with Gasteiger partial charge >= 0.3 is 0 Å². The average molecular weight is 402 g/mol. The summed E-state index contributed by atoms with van der Waals surface area (Å²) >= 11 is 5.45. The van der Waals surface area contributed by atoms with Gasteiger partial charge in [0.1, 0.15) is 11.5 Å². The molecule has 1 N–H and O–H groups in total. The summed E-state index contributed by atoms with van der Waals surface area (Å²) in [5, 5.41) is 15.7. The molecule has 4 heteroatoms. The second-order valence-electron chi connectivity index (χ2n) is 7.52. The smallest absolute Gasteiger partial charge is 0.264 e. The number of ether oxygens (including phenoxy) is 1. The van der Waals surface area contributed by atoms with Crippen molar-refractivity contribution in [3.05, 3.63) is 71.8 Å². The fourth-order valence-corrected chi connectivity index (χ4v) is 3.84. The van der Waals surface area contributed by atoms with E-state index in [0.29, 0.717) is 10.9 Å². The van der Waals surface area contributed by atoms with Crippen LogP contribution in [0, 0.1) is 13.8 Å². The zero-order chi connectivity index (χ0) is 20.7. The lowest BCUT2D eigenvalue weighted by molar-refractivity contribution is 0.447. The van der Waals surface area contributed by atoms with Gasteiger partial charge in [0.2, 0.25) is 0 Å². The minimum Gasteiger partial charge on any atom is -0.507 e. The molecule has 146 valence electrons. The standard InChI is InChI=1S/C25H23NO2S/c1-15-13-17-9-5-7-11-19(17)21(23(15)27)22-20-12-8-6-10-18(20)14-16(2)24(22)28-25(29)26(3)4/h5-14,27H,1-4H3. The van der Waals surface area contributed by atoms with Crippen LogP contribution in [-0.2, 0) is 0 Å². The first-order chi connectivity index (χ1) is 13.9. The number of hydrogen-bond acceptors (Lipinski definition) is 3. The second-order valence-corrected chi connectivity index (χ2v) is 7.87. The first-order valence-corrected chi connectivity index (χ1v) is 9.92. The Balaban J connectivity index is 2.17. The predicted molar refractivity (Wildman–Crippen MR) is 125 cm³/mol. The number of fused-ring (bicyclic) bond motifs is 2. The van der Waals surface area contributed by atoms with Gasteiger partial charge in [0, 0.05) is 25.2 Å². The number of aryl methyl sites for hydroxylation is 2. The molecule has 4 aromatic carbocycles. The van der Waals surface area contributed by atoms with Crippen LogP contribution in [0.1, 0.15) is 11.1 Å². The maximum atomic E-state index is 11.2. The lowest BCUT2D eigenvalue weighted by Crippen LogP contribution is -2.25. The Morgan fingerprint density at radius 2 is 1.34 bits per heavy atom. The van der Waals surface area contributed by atoms with Gasteiger partial charge in [-0.05, 0) is 70.9 Å². The van der Waals surface area contributed by atoms with Crippen LogP contribution in [0.25, 0.3) is 32.7 Å². The highest BCUT2D eigenvalue weighted by atomic mass is 32.1. The van der Waals surface area contributed by atoms with Crippen molar-refractivity contribution in [3.63, 3.8) is 0 Å². The van der Waals surface area contributed by atoms with Crippen molar-refractivity contribution in [2.45, 2.75) is 13.8 Å². The topological polar surface area (TPSA) is 32.7 Å². The van der Waals surface area contributed by atoms with E-state index in [-0.39, 0.29) is 5.75 Å². The minimum absolute atomic E-state index is 0.264. The van der Waals surface area contributed by atoms with Crippen LogP contribution in [-0.4, -0.2) is 29.3 Å². The Labute approximate surface area is 176 Å². The van der Waals surface area contributed by atoms with Crippen LogP contribution < -0.4 is 4.74 Å². The van der Waals surface area contributed by atoms with Gasteiger partial charge in [-0.1, -0.05) is 48.5 Å². The van der Waals surface area contributed by atoms with E-state index in [1.165, 1.54) is 0 Å². The van der Waals surface area contributed by atoms with Crippen LogP contribution in [0.3, 0.4) is 0 Å². The van der Waals surface area contributed by atoms with Crippen LogP contribution in [0.15, 0.2) is 60.7 Å². The molecule has 0 amide bonds. The molecule has 0 radical (unpaired) electrons. The van der Waals surface area contributed by atoms with Gasteiger partial charge in [-0.15, -0.1) is 0 Å². The number of nitrogens with zero attached hydrogens (tertiary/aromatic N) is 1. The minimum atomic E-state index is 0.264. The monoisotopic (exact) mass is 401 g/mol. The number of hydrogen-bond donors (Lipinski definition) is 1. The van der Waals surface area contributed by atoms with E-state index >= 15 is 0 Å². The number of phenolic OH excluding ortho intramolecular Hbond substituents is 1. The number of rotatable bonds is 2. The molecule has 0 aliphatic carbocycles. The lowest BCUT2D eigenvalue weighted by Gasteiger charge is -2.22. The fraction of sp³-hybridized carbons (Fsp3) is 0.160. The maximum Gasteiger partial charge on any atom is 0.264 e. The zero-order valence-corrected chi connectivity index (χ0v) is 17.8. The summed E-state index contributed by atoms with van der Waals surface area (Å²) in [6.45, 7) is 3.94. The molecule has 4 rings (SSSR count). The highest BCUT2D eigenvalue weighted by Crippen LogP contribution is 2.47. The van der Waals surface area contributed by atoms with Gasteiger partial charge in [-0.25, -0.2) is 0 Å². The summed E-state index contributed by atoms with van der Waals surface area (Å²) in [6.07, 6.45) is 0. The Hall–Kier alpha value is -3.11. The number of aromatic hydroxyl groups is 1. The molecule has 3 nitrogen and oxygen atoms in total. The van der Waals surface area contributed by atoms with Gasteiger partial charge in [0.05, 0.1) is 0 Å². The Kier molecular flexibility index (Phi) is 4.89. The summed E-state index contributed by atoms with van der Waals surface area (Å²) in [5.74, 6) is 0.938. The maximum absolute atomic E-state index is 11.2. The van der Waals surface area contributed by atoms with E-state index in [2.05, 4.69) is 24.3 Å². The molecule has 0 aliphatic heterocycles. The van der Waals surface area contributed by atoms with Crippen LogP contribution in [0.5, 0.6) is 11.5 Å². The van der Waals surface area contributed by atoms with Gasteiger partial charge in [0.25, 0.3) is 5.17 Å². The van der Waals surface area contributed by atoms with Gasteiger partial charge in [0.15, 0.2) is 0 Å². The third kappa shape index (κ3) is 3.30. The third-order valence-electron chi connectivity index (χ3n) is 5.20. The molecule has 0 saturated heterocycles. The van der Waals surface area contributed by atoms with E-state index in [1.54, 1.807) is 4.90 Å². The zero-order valence-electron chi connectivity index (χ0n) is 17.0. The number of benzene rings is 4. The normalized spacial score (nSPS) is 11.0. The summed E-state index contributed by atoms with van der Waals surface area (Å²) in [5.41, 5.74) is 3.43. The van der Waals surface area contributed by atoms with Crippen molar-refractivity contribution < 1.29 is 9.84 Å². The summed E-state index contributed by atoms with van der Waals surface area (Å²) in [7, 11) is 3.72. The molecule has 0 aromatic heterocycles. The fourth-order valence-electron chi connectivity index (χ4n) is 3.76. The first-order valence-electron chi connectivity index (χ1n) is 9.51. The van der Waals surface area contributed by atoms with E-state index in [4.69, 9.17) is 17.0 Å². The van der Waals surface area contributed by atoms with Gasteiger partial charge < -0.3 is 14.7 Å². The first kappa shape index (κ1) is 19.2. The Morgan fingerprint density at radius 3 is 1.93 bits per heavy atom. The molecule has 0 aliphatic rings. The summed E-state index contributed by atoms with van der Waals surface area (Å²) < 4.78 is 6.19. The largest absolute Gasteiger partial charge is 0.507 e. The lowest BCUT2D eigenvalue weighted by atomic mass is 9.89. The molecule has 0 spiro atoms. The quantitative estimate of drug-likeness (QED) is 0.405. The highest BCUT2D eigenvalue weighted by molar-refractivity contribution is 7.80. The molecular formula is C25H23NO2S. The summed E-state index contributed by atoms with van der Waals surface area (Å²) in [4.78, 5) is 1.77. The third-order valence-corrected chi connectivity index (χ3v) is 5.65. The molecule has 0 heterocycles.